The van der Waals surface area contributed by atoms with Crippen molar-refractivity contribution in [3.8, 4) is 11.1 Å². The number of hydrogen-bond donors (Lipinski definition) is 0. The van der Waals surface area contributed by atoms with Crippen molar-refractivity contribution in [1.82, 2.24) is 0 Å². The van der Waals surface area contributed by atoms with Crippen LogP contribution in [0.25, 0.3) is 11.1 Å². The Morgan fingerprint density at radius 3 is 2.00 bits per heavy atom. The molecule has 98 valence electrons. The number of rotatable bonds is 2. The van der Waals surface area contributed by atoms with E-state index in [9.17, 15) is 4.79 Å². The molecule has 0 aliphatic rings. The number of benzene rings is 2. The first-order valence-corrected chi connectivity index (χ1v) is 6.88. The highest BCUT2D eigenvalue weighted by molar-refractivity contribution is 6.50. The number of halogens is 4. The van der Waals surface area contributed by atoms with E-state index in [0.717, 1.165) is 0 Å². The Morgan fingerprint density at radius 1 is 0.947 bits per heavy atom. The zero-order valence-corrected chi connectivity index (χ0v) is 12.8. The number of Topliss-reactive ketones (excluding diaryl/α,β-unsaturated/α-hetero) is 1. The van der Waals surface area contributed by atoms with Gasteiger partial charge in [0, 0.05) is 11.1 Å². The Balaban J connectivity index is 2.83. The van der Waals surface area contributed by atoms with E-state index in [0.29, 0.717) is 26.7 Å². The van der Waals surface area contributed by atoms with Crippen LogP contribution >= 0.6 is 46.4 Å². The van der Waals surface area contributed by atoms with E-state index >= 15 is 0 Å². The predicted octanol–water partition coefficient (Wildman–Crippen LogP) is 6.17. The second-order valence-corrected chi connectivity index (χ2v) is 5.52. The molecule has 0 atom stereocenters. The van der Waals surface area contributed by atoms with Gasteiger partial charge in [0.05, 0.1) is 20.1 Å². The molecule has 0 saturated heterocycles. The third-order valence-electron chi connectivity index (χ3n) is 2.69. The Morgan fingerprint density at radius 2 is 1.47 bits per heavy atom. The molecule has 0 aliphatic heterocycles. The summed E-state index contributed by atoms with van der Waals surface area (Å²) >= 11 is 24.4. The first-order chi connectivity index (χ1) is 8.93. The molecule has 0 N–H and O–H groups in total. The van der Waals surface area contributed by atoms with Crippen LogP contribution in [-0.4, -0.2) is 5.78 Å². The molecule has 0 amide bonds. The van der Waals surface area contributed by atoms with Gasteiger partial charge in [0.1, 0.15) is 0 Å². The molecule has 0 radical (unpaired) electrons. The smallest absolute Gasteiger partial charge is 0.160 e. The standard InChI is InChI=1S/C14H8Cl4O/c1-7(19)8-4-2-3-5-9(8)12-13(17)10(15)6-11(16)14(12)18/h2-6H,1H3. The van der Waals surface area contributed by atoms with Gasteiger partial charge in [-0.25, -0.2) is 0 Å². The maximum Gasteiger partial charge on any atom is 0.160 e. The van der Waals surface area contributed by atoms with Crippen LogP contribution in [0.15, 0.2) is 30.3 Å². The Bertz CT molecular complexity index is 638. The van der Waals surface area contributed by atoms with E-state index in [1.54, 1.807) is 24.3 Å². The van der Waals surface area contributed by atoms with Gasteiger partial charge in [-0.3, -0.25) is 4.79 Å². The lowest BCUT2D eigenvalue weighted by Gasteiger charge is -2.13. The van der Waals surface area contributed by atoms with Crippen molar-refractivity contribution < 1.29 is 4.79 Å². The quantitative estimate of drug-likeness (QED) is 0.474. The van der Waals surface area contributed by atoms with Gasteiger partial charge in [-0.15, -0.1) is 0 Å². The molecule has 2 aromatic carbocycles. The fraction of sp³-hybridized carbons (Fsp3) is 0.0714. The van der Waals surface area contributed by atoms with Crippen LogP contribution < -0.4 is 0 Å². The van der Waals surface area contributed by atoms with Crippen LogP contribution in [-0.2, 0) is 0 Å². The lowest BCUT2D eigenvalue weighted by atomic mass is 9.97. The number of carbonyl (C=O) groups is 1. The van der Waals surface area contributed by atoms with Crippen molar-refractivity contribution in [2.45, 2.75) is 6.92 Å². The molecule has 5 heteroatoms. The minimum Gasteiger partial charge on any atom is -0.294 e. The Labute approximate surface area is 131 Å². The lowest BCUT2D eigenvalue weighted by Crippen LogP contribution is -1.97. The molecule has 0 spiro atoms. The average molecular weight is 334 g/mol. The molecule has 0 unspecified atom stereocenters. The molecule has 19 heavy (non-hydrogen) atoms. The minimum atomic E-state index is -0.0844. The molecule has 0 aliphatic carbocycles. The fourth-order valence-corrected chi connectivity index (χ4v) is 2.83. The second kappa shape index (κ2) is 5.72. The van der Waals surface area contributed by atoms with Gasteiger partial charge in [-0.1, -0.05) is 70.7 Å². The molecule has 0 bridgehead atoms. The first kappa shape index (κ1) is 14.7. The lowest BCUT2D eigenvalue weighted by molar-refractivity contribution is 0.101. The normalized spacial score (nSPS) is 10.6. The van der Waals surface area contributed by atoms with Crippen molar-refractivity contribution in [2.75, 3.05) is 0 Å². The van der Waals surface area contributed by atoms with E-state index in [2.05, 4.69) is 0 Å². The third kappa shape index (κ3) is 2.75. The molecular formula is C14H8Cl4O. The Hall–Kier alpha value is -0.730. The summed E-state index contributed by atoms with van der Waals surface area (Å²) in [5, 5.41) is 1.16. The molecule has 0 aromatic heterocycles. The summed E-state index contributed by atoms with van der Waals surface area (Å²) < 4.78 is 0. The Kier molecular flexibility index (Phi) is 4.42. The monoisotopic (exact) mass is 332 g/mol. The van der Waals surface area contributed by atoms with Gasteiger partial charge in [-0.2, -0.15) is 0 Å². The van der Waals surface area contributed by atoms with Gasteiger partial charge in [0.15, 0.2) is 5.78 Å². The van der Waals surface area contributed by atoms with Crippen LogP contribution in [0.4, 0.5) is 0 Å². The molecule has 0 saturated carbocycles. The van der Waals surface area contributed by atoms with Crippen molar-refractivity contribution in [3.63, 3.8) is 0 Å². The van der Waals surface area contributed by atoms with Crippen molar-refractivity contribution in [3.05, 3.63) is 56.0 Å². The highest BCUT2D eigenvalue weighted by Gasteiger charge is 2.19. The summed E-state index contributed by atoms with van der Waals surface area (Å²) in [4.78, 5) is 11.7. The van der Waals surface area contributed by atoms with E-state index in [-0.39, 0.29) is 15.8 Å². The summed E-state index contributed by atoms with van der Waals surface area (Å²) in [6.07, 6.45) is 0. The number of ketones is 1. The van der Waals surface area contributed by atoms with Crippen molar-refractivity contribution >= 4 is 52.2 Å². The highest BCUT2D eigenvalue weighted by atomic mass is 35.5. The van der Waals surface area contributed by atoms with Crippen molar-refractivity contribution in [2.24, 2.45) is 0 Å². The molecular weight excluding hydrogens is 326 g/mol. The third-order valence-corrected chi connectivity index (χ3v) is 4.26. The maximum absolute atomic E-state index is 11.7. The maximum atomic E-state index is 11.7. The van der Waals surface area contributed by atoms with E-state index in [1.807, 2.05) is 0 Å². The van der Waals surface area contributed by atoms with Crippen LogP contribution in [0.2, 0.25) is 20.1 Å². The zero-order valence-electron chi connectivity index (χ0n) is 9.81. The summed E-state index contributed by atoms with van der Waals surface area (Å²) in [6.45, 7) is 1.48. The summed E-state index contributed by atoms with van der Waals surface area (Å²) in [5.74, 6) is -0.0844. The van der Waals surface area contributed by atoms with Crippen molar-refractivity contribution in [1.29, 1.82) is 0 Å². The fourth-order valence-electron chi connectivity index (χ4n) is 1.82. The zero-order chi connectivity index (χ0) is 14.2. The highest BCUT2D eigenvalue weighted by Crippen LogP contribution is 2.44. The molecule has 0 heterocycles. The minimum absolute atomic E-state index is 0.0844. The number of carbonyl (C=O) groups excluding carboxylic acids is 1. The van der Waals surface area contributed by atoms with Gasteiger partial charge < -0.3 is 0 Å². The van der Waals surface area contributed by atoms with E-state index in [4.69, 9.17) is 46.4 Å². The average Bonchev–Trinajstić information content (AvgIpc) is 2.37. The summed E-state index contributed by atoms with van der Waals surface area (Å²) in [7, 11) is 0. The molecule has 2 rings (SSSR count). The van der Waals surface area contributed by atoms with Gasteiger partial charge in [-0.05, 0) is 18.6 Å². The summed E-state index contributed by atoms with van der Waals surface area (Å²) in [5.41, 5.74) is 1.62. The molecule has 1 nitrogen and oxygen atoms in total. The predicted molar refractivity (Wildman–Crippen MR) is 81.9 cm³/mol. The van der Waals surface area contributed by atoms with E-state index < -0.39 is 0 Å². The number of hydrogen-bond acceptors (Lipinski definition) is 1. The first-order valence-electron chi connectivity index (χ1n) is 5.36. The molecule has 0 fully saturated rings. The summed E-state index contributed by atoms with van der Waals surface area (Å²) in [6, 6.07) is 8.51. The van der Waals surface area contributed by atoms with Crippen LogP contribution in [0.5, 0.6) is 0 Å². The largest absolute Gasteiger partial charge is 0.294 e. The topological polar surface area (TPSA) is 17.1 Å². The van der Waals surface area contributed by atoms with Gasteiger partial charge in [0.25, 0.3) is 0 Å². The van der Waals surface area contributed by atoms with Crippen LogP contribution in [0.3, 0.4) is 0 Å². The SMILES string of the molecule is CC(=O)c1ccccc1-c1c(Cl)c(Cl)cc(Cl)c1Cl. The van der Waals surface area contributed by atoms with E-state index in [1.165, 1.54) is 13.0 Å². The van der Waals surface area contributed by atoms with Crippen LogP contribution in [0.1, 0.15) is 17.3 Å². The van der Waals surface area contributed by atoms with Gasteiger partial charge in [0.2, 0.25) is 0 Å². The second-order valence-electron chi connectivity index (χ2n) is 3.94. The van der Waals surface area contributed by atoms with Crippen LogP contribution in [0, 0.1) is 0 Å². The van der Waals surface area contributed by atoms with Gasteiger partial charge >= 0.3 is 0 Å². The molecule has 2 aromatic rings.